The first-order valence-corrected chi connectivity index (χ1v) is 7.59. The number of rotatable bonds is 8. The van der Waals surface area contributed by atoms with E-state index in [2.05, 4.69) is 24.1 Å². The van der Waals surface area contributed by atoms with E-state index in [-0.39, 0.29) is 0 Å². The fraction of sp³-hybridized carbons (Fsp3) is 0.471. The standard InChI is InChI=1S/C17H24N2O2/c1-4-8-18-10-14-9-15(20-11-14)12-21-17-7-6-13(3)19-16(17)5-2/h6-7,9,11,18H,4-5,8,10,12H2,1-3H3. The van der Waals surface area contributed by atoms with Gasteiger partial charge in [-0.05, 0) is 44.5 Å². The van der Waals surface area contributed by atoms with Crippen LogP contribution in [0.15, 0.2) is 28.9 Å². The van der Waals surface area contributed by atoms with Gasteiger partial charge in [-0.25, -0.2) is 0 Å². The van der Waals surface area contributed by atoms with Crippen molar-refractivity contribution in [1.29, 1.82) is 0 Å². The summed E-state index contributed by atoms with van der Waals surface area (Å²) in [5.74, 6) is 1.68. The zero-order valence-electron chi connectivity index (χ0n) is 13.1. The number of hydrogen-bond donors (Lipinski definition) is 1. The van der Waals surface area contributed by atoms with E-state index in [4.69, 9.17) is 9.15 Å². The lowest BCUT2D eigenvalue weighted by atomic mass is 10.2. The molecule has 0 saturated heterocycles. The fourth-order valence-corrected chi connectivity index (χ4v) is 2.14. The minimum Gasteiger partial charge on any atom is -0.484 e. The van der Waals surface area contributed by atoms with E-state index in [9.17, 15) is 0 Å². The van der Waals surface area contributed by atoms with Crippen LogP contribution in [0.1, 0.15) is 43.0 Å². The molecule has 0 spiro atoms. The van der Waals surface area contributed by atoms with Crippen molar-refractivity contribution in [2.24, 2.45) is 0 Å². The lowest BCUT2D eigenvalue weighted by Gasteiger charge is -2.09. The molecule has 21 heavy (non-hydrogen) atoms. The van der Waals surface area contributed by atoms with Gasteiger partial charge in [0.25, 0.3) is 0 Å². The topological polar surface area (TPSA) is 47.3 Å². The van der Waals surface area contributed by atoms with Crippen molar-refractivity contribution in [1.82, 2.24) is 10.3 Å². The van der Waals surface area contributed by atoms with E-state index < -0.39 is 0 Å². The quantitative estimate of drug-likeness (QED) is 0.754. The normalized spacial score (nSPS) is 10.8. The zero-order chi connectivity index (χ0) is 15.1. The monoisotopic (exact) mass is 288 g/mol. The highest BCUT2D eigenvalue weighted by Gasteiger charge is 2.07. The van der Waals surface area contributed by atoms with Gasteiger partial charge in [0.05, 0.1) is 12.0 Å². The largest absolute Gasteiger partial charge is 0.484 e. The average molecular weight is 288 g/mol. The van der Waals surface area contributed by atoms with Crippen LogP contribution in [0.3, 0.4) is 0 Å². The van der Waals surface area contributed by atoms with Gasteiger partial charge in [0.2, 0.25) is 0 Å². The third kappa shape index (κ3) is 4.60. The van der Waals surface area contributed by atoms with Gasteiger partial charge in [-0.2, -0.15) is 0 Å². The van der Waals surface area contributed by atoms with Gasteiger partial charge >= 0.3 is 0 Å². The molecule has 2 heterocycles. The van der Waals surface area contributed by atoms with E-state index in [1.54, 1.807) is 6.26 Å². The Morgan fingerprint density at radius 3 is 2.90 bits per heavy atom. The van der Waals surface area contributed by atoms with Crippen LogP contribution in [-0.2, 0) is 19.6 Å². The third-order valence-corrected chi connectivity index (χ3v) is 3.24. The molecule has 0 fully saturated rings. The number of furan rings is 1. The van der Waals surface area contributed by atoms with E-state index in [1.165, 1.54) is 0 Å². The fourth-order valence-electron chi connectivity index (χ4n) is 2.14. The Kier molecular flexibility index (Phi) is 5.81. The lowest BCUT2D eigenvalue weighted by Crippen LogP contribution is -2.13. The zero-order valence-corrected chi connectivity index (χ0v) is 13.1. The maximum absolute atomic E-state index is 5.83. The minimum absolute atomic E-state index is 0.436. The van der Waals surface area contributed by atoms with Crippen molar-refractivity contribution < 1.29 is 9.15 Å². The molecule has 0 aromatic carbocycles. The molecule has 4 nitrogen and oxygen atoms in total. The summed E-state index contributed by atoms with van der Waals surface area (Å²) < 4.78 is 11.4. The van der Waals surface area contributed by atoms with Crippen molar-refractivity contribution in [3.63, 3.8) is 0 Å². The number of ether oxygens (including phenoxy) is 1. The molecule has 0 bridgehead atoms. The molecule has 0 aliphatic carbocycles. The third-order valence-electron chi connectivity index (χ3n) is 3.24. The van der Waals surface area contributed by atoms with Crippen LogP contribution in [-0.4, -0.2) is 11.5 Å². The lowest BCUT2D eigenvalue weighted by molar-refractivity contribution is 0.266. The number of nitrogens with one attached hydrogen (secondary N) is 1. The van der Waals surface area contributed by atoms with Crippen molar-refractivity contribution in [2.75, 3.05) is 6.54 Å². The van der Waals surface area contributed by atoms with Crippen LogP contribution in [0.25, 0.3) is 0 Å². The molecule has 0 amide bonds. The summed E-state index contributed by atoms with van der Waals surface area (Å²) >= 11 is 0. The van der Waals surface area contributed by atoms with E-state index in [0.717, 1.165) is 54.4 Å². The van der Waals surface area contributed by atoms with Gasteiger partial charge in [-0.3, -0.25) is 4.98 Å². The summed E-state index contributed by atoms with van der Waals surface area (Å²) in [5.41, 5.74) is 3.16. The number of aryl methyl sites for hydroxylation is 2. The molecule has 2 aromatic rings. The average Bonchev–Trinajstić information content (AvgIpc) is 2.94. The summed E-state index contributed by atoms with van der Waals surface area (Å²) in [4.78, 5) is 4.49. The minimum atomic E-state index is 0.436. The second-order valence-corrected chi connectivity index (χ2v) is 5.14. The van der Waals surface area contributed by atoms with Gasteiger partial charge < -0.3 is 14.5 Å². The number of aromatic nitrogens is 1. The van der Waals surface area contributed by atoms with Crippen LogP contribution < -0.4 is 10.1 Å². The summed E-state index contributed by atoms with van der Waals surface area (Å²) in [6.45, 7) is 8.52. The van der Waals surface area contributed by atoms with E-state index in [1.807, 2.05) is 25.1 Å². The molecule has 2 rings (SSSR count). The van der Waals surface area contributed by atoms with Gasteiger partial charge in [0, 0.05) is 17.8 Å². The first-order valence-electron chi connectivity index (χ1n) is 7.59. The second-order valence-electron chi connectivity index (χ2n) is 5.14. The molecule has 0 aliphatic heterocycles. The van der Waals surface area contributed by atoms with Crippen LogP contribution in [0.2, 0.25) is 0 Å². The molecular weight excluding hydrogens is 264 g/mol. The van der Waals surface area contributed by atoms with Crippen LogP contribution in [0.4, 0.5) is 0 Å². The predicted octanol–water partition coefficient (Wildman–Crippen LogP) is 3.62. The Morgan fingerprint density at radius 1 is 1.29 bits per heavy atom. The summed E-state index contributed by atoms with van der Waals surface area (Å²) in [5, 5.41) is 3.35. The van der Waals surface area contributed by atoms with Gasteiger partial charge in [-0.15, -0.1) is 0 Å². The maximum Gasteiger partial charge on any atom is 0.146 e. The molecule has 1 N–H and O–H groups in total. The summed E-state index contributed by atoms with van der Waals surface area (Å²) in [6.07, 6.45) is 3.78. The highest BCUT2D eigenvalue weighted by molar-refractivity contribution is 5.29. The molecule has 0 aliphatic rings. The first kappa shape index (κ1) is 15.6. The maximum atomic E-state index is 5.83. The Bertz CT molecular complexity index is 564. The Labute approximate surface area is 126 Å². The van der Waals surface area contributed by atoms with Gasteiger partial charge in [-0.1, -0.05) is 13.8 Å². The summed E-state index contributed by atoms with van der Waals surface area (Å²) in [7, 11) is 0. The molecule has 114 valence electrons. The van der Waals surface area contributed by atoms with Crippen molar-refractivity contribution in [2.45, 2.75) is 46.8 Å². The molecule has 2 aromatic heterocycles. The Hall–Kier alpha value is -1.81. The first-order chi connectivity index (χ1) is 10.2. The molecular formula is C17H24N2O2. The van der Waals surface area contributed by atoms with Crippen molar-refractivity contribution in [3.8, 4) is 5.75 Å². The highest BCUT2D eigenvalue weighted by Crippen LogP contribution is 2.19. The van der Waals surface area contributed by atoms with E-state index >= 15 is 0 Å². The smallest absolute Gasteiger partial charge is 0.146 e. The Balaban J connectivity index is 1.91. The van der Waals surface area contributed by atoms with Crippen LogP contribution in [0, 0.1) is 6.92 Å². The summed E-state index contributed by atoms with van der Waals surface area (Å²) in [6, 6.07) is 5.99. The molecule has 0 radical (unpaired) electrons. The van der Waals surface area contributed by atoms with Crippen LogP contribution in [0.5, 0.6) is 5.75 Å². The number of hydrogen-bond acceptors (Lipinski definition) is 4. The van der Waals surface area contributed by atoms with E-state index in [0.29, 0.717) is 6.61 Å². The van der Waals surface area contributed by atoms with Crippen LogP contribution >= 0.6 is 0 Å². The number of pyridine rings is 1. The van der Waals surface area contributed by atoms with Gasteiger partial charge in [0.15, 0.2) is 0 Å². The second kappa shape index (κ2) is 7.84. The Morgan fingerprint density at radius 2 is 2.14 bits per heavy atom. The molecule has 0 atom stereocenters. The van der Waals surface area contributed by atoms with Crippen molar-refractivity contribution in [3.05, 3.63) is 47.2 Å². The molecule has 0 saturated carbocycles. The predicted molar refractivity (Wildman–Crippen MR) is 83.4 cm³/mol. The SMILES string of the molecule is CCCNCc1coc(COc2ccc(C)nc2CC)c1. The number of nitrogens with zero attached hydrogens (tertiary/aromatic N) is 1. The van der Waals surface area contributed by atoms with Crippen molar-refractivity contribution >= 4 is 0 Å². The molecule has 0 unspecified atom stereocenters. The highest BCUT2D eigenvalue weighted by atomic mass is 16.5. The molecule has 4 heteroatoms. The van der Waals surface area contributed by atoms with Gasteiger partial charge in [0.1, 0.15) is 18.1 Å².